The molecule has 0 heterocycles. The summed E-state index contributed by atoms with van der Waals surface area (Å²) in [6.45, 7) is 3.92. The van der Waals surface area contributed by atoms with Gasteiger partial charge < -0.3 is 19.7 Å². The van der Waals surface area contributed by atoms with E-state index in [1.54, 1.807) is 60.5 Å². The number of ether oxygens (including phenoxy) is 2. The molecule has 0 fully saturated rings. The number of carbonyl (C=O) groups is 2. The second-order valence-corrected chi connectivity index (χ2v) is 7.22. The van der Waals surface area contributed by atoms with Crippen molar-refractivity contribution in [2.45, 2.75) is 13.5 Å². The number of nitrogens with one attached hydrogen (secondary N) is 1. The Morgan fingerprint density at radius 3 is 2.44 bits per heavy atom. The third-order valence-electron chi connectivity index (χ3n) is 4.81. The van der Waals surface area contributed by atoms with E-state index in [0.29, 0.717) is 48.9 Å². The molecule has 0 atom stereocenters. The molecule has 3 rings (SSSR count). The topological polar surface area (TPSA) is 67.9 Å². The van der Waals surface area contributed by atoms with Gasteiger partial charge in [0.05, 0.1) is 17.9 Å². The minimum Gasteiger partial charge on any atom is -0.491 e. The molecule has 0 radical (unpaired) electrons. The van der Waals surface area contributed by atoms with Crippen LogP contribution in [0.5, 0.6) is 5.75 Å². The van der Waals surface area contributed by atoms with Crippen LogP contribution in [0.4, 0.5) is 5.69 Å². The van der Waals surface area contributed by atoms with Crippen LogP contribution in [0, 0.1) is 0 Å². The first-order chi connectivity index (χ1) is 15.6. The zero-order valence-corrected chi connectivity index (χ0v) is 18.4. The zero-order valence-electron chi connectivity index (χ0n) is 18.4. The smallest absolute Gasteiger partial charge is 0.256 e. The molecule has 0 aliphatic heterocycles. The lowest BCUT2D eigenvalue weighted by molar-refractivity contribution is 0.0786. The molecule has 166 valence electrons. The van der Waals surface area contributed by atoms with E-state index in [4.69, 9.17) is 9.47 Å². The van der Waals surface area contributed by atoms with E-state index in [1.807, 2.05) is 37.3 Å². The third-order valence-corrected chi connectivity index (χ3v) is 4.81. The summed E-state index contributed by atoms with van der Waals surface area (Å²) in [5, 5.41) is 2.86. The maximum atomic E-state index is 13.1. The molecule has 2 amide bonds. The molecule has 3 aromatic rings. The van der Waals surface area contributed by atoms with Crippen molar-refractivity contribution >= 4 is 17.5 Å². The third kappa shape index (κ3) is 6.43. The summed E-state index contributed by atoms with van der Waals surface area (Å²) in [4.78, 5) is 27.6. The summed E-state index contributed by atoms with van der Waals surface area (Å²) in [7, 11) is 1.75. The number of amides is 2. The molecule has 6 nitrogen and oxygen atoms in total. The molecule has 0 aromatic heterocycles. The lowest BCUT2D eigenvalue weighted by atomic mass is 10.1. The lowest BCUT2D eigenvalue weighted by Gasteiger charge is -2.19. The predicted molar refractivity (Wildman–Crippen MR) is 125 cm³/mol. The van der Waals surface area contributed by atoms with Crippen LogP contribution in [-0.2, 0) is 11.3 Å². The first-order valence-corrected chi connectivity index (χ1v) is 10.6. The number of para-hydroxylation sites is 1. The average molecular weight is 433 g/mol. The molecule has 0 saturated heterocycles. The van der Waals surface area contributed by atoms with Gasteiger partial charge in [0.1, 0.15) is 12.4 Å². The molecule has 0 spiro atoms. The fourth-order valence-corrected chi connectivity index (χ4v) is 3.20. The molecule has 6 heteroatoms. The van der Waals surface area contributed by atoms with Gasteiger partial charge in [0.25, 0.3) is 11.8 Å². The molecule has 0 unspecified atom stereocenters. The Bertz CT molecular complexity index is 1040. The number of anilines is 1. The molecule has 0 aliphatic rings. The van der Waals surface area contributed by atoms with Crippen LogP contribution in [0.15, 0.2) is 78.9 Å². The summed E-state index contributed by atoms with van der Waals surface area (Å²) in [6, 6.07) is 23.7. The van der Waals surface area contributed by atoms with Gasteiger partial charge in [-0.2, -0.15) is 0 Å². The summed E-state index contributed by atoms with van der Waals surface area (Å²) in [6.07, 6.45) is 0. The molecule has 0 bridgehead atoms. The van der Waals surface area contributed by atoms with Crippen molar-refractivity contribution in [1.29, 1.82) is 0 Å². The Labute approximate surface area is 188 Å². The Morgan fingerprint density at radius 1 is 0.906 bits per heavy atom. The number of carbonyl (C=O) groups excluding carboxylic acids is 2. The van der Waals surface area contributed by atoms with E-state index in [-0.39, 0.29) is 11.8 Å². The van der Waals surface area contributed by atoms with Crippen LogP contribution in [0.2, 0.25) is 0 Å². The fraction of sp³-hybridized carbons (Fsp3) is 0.231. The normalized spacial score (nSPS) is 10.4. The van der Waals surface area contributed by atoms with E-state index in [2.05, 4.69) is 5.32 Å². The monoisotopic (exact) mass is 432 g/mol. The largest absolute Gasteiger partial charge is 0.491 e. The van der Waals surface area contributed by atoms with Gasteiger partial charge in [-0.25, -0.2) is 0 Å². The van der Waals surface area contributed by atoms with Gasteiger partial charge >= 0.3 is 0 Å². The van der Waals surface area contributed by atoms with Gasteiger partial charge in [-0.05, 0) is 42.8 Å². The van der Waals surface area contributed by atoms with Crippen molar-refractivity contribution in [2.75, 3.05) is 32.2 Å². The fourth-order valence-electron chi connectivity index (χ4n) is 3.20. The van der Waals surface area contributed by atoms with Crippen LogP contribution in [0.25, 0.3) is 0 Å². The number of rotatable bonds is 10. The standard InChI is InChI=1S/C26H28N2O4/c1-3-31-16-17-32-22-13-9-12-21(18-22)25(29)27-24-15-8-7-14-23(24)26(30)28(2)19-20-10-5-4-6-11-20/h4-15,18H,3,16-17,19H2,1-2H3,(H,27,29). The molecule has 0 aliphatic carbocycles. The number of benzene rings is 3. The van der Waals surface area contributed by atoms with Crippen molar-refractivity contribution in [2.24, 2.45) is 0 Å². The quantitative estimate of drug-likeness (QED) is 0.475. The Kier molecular flexibility index (Phi) is 8.40. The second kappa shape index (κ2) is 11.7. The van der Waals surface area contributed by atoms with Crippen molar-refractivity contribution in [3.8, 4) is 5.75 Å². The summed E-state index contributed by atoms with van der Waals surface area (Å²) in [5.74, 6) is 0.105. The highest BCUT2D eigenvalue weighted by Gasteiger charge is 2.18. The van der Waals surface area contributed by atoms with Gasteiger partial charge in [0.15, 0.2) is 0 Å². The van der Waals surface area contributed by atoms with E-state index < -0.39 is 0 Å². The molecule has 1 N–H and O–H groups in total. The van der Waals surface area contributed by atoms with E-state index in [1.165, 1.54) is 0 Å². The minimum absolute atomic E-state index is 0.169. The first kappa shape index (κ1) is 23.0. The Hall–Kier alpha value is -3.64. The molecule has 32 heavy (non-hydrogen) atoms. The summed E-state index contributed by atoms with van der Waals surface area (Å²) >= 11 is 0. The van der Waals surface area contributed by atoms with E-state index >= 15 is 0 Å². The SMILES string of the molecule is CCOCCOc1cccc(C(=O)Nc2ccccc2C(=O)N(C)Cc2ccccc2)c1. The van der Waals surface area contributed by atoms with Gasteiger partial charge in [-0.1, -0.05) is 48.5 Å². The van der Waals surface area contributed by atoms with Gasteiger partial charge in [0.2, 0.25) is 0 Å². The average Bonchev–Trinajstić information content (AvgIpc) is 2.82. The molecular weight excluding hydrogens is 404 g/mol. The van der Waals surface area contributed by atoms with Crippen molar-refractivity contribution in [3.63, 3.8) is 0 Å². The molecule has 3 aromatic carbocycles. The van der Waals surface area contributed by atoms with Gasteiger partial charge in [-0.15, -0.1) is 0 Å². The summed E-state index contributed by atoms with van der Waals surface area (Å²) < 4.78 is 10.9. The maximum Gasteiger partial charge on any atom is 0.256 e. The number of hydrogen-bond donors (Lipinski definition) is 1. The second-order valence-electron chi connectivity index (χ2n) is 7.22. The van der Waals surface area contributed by atoms with Crippen LogP contribution >= 0.6 is 0 Å². The number of nitrogens with zero attached hydrogens (tertiary/aromatic N) is 1. The van der Waals surface area contributed by atoms with Crippen LogP contribution in [-0.4, -0.2) is 43.6 Å². The van der Waals surface area contributed by atoms with Crippen molar-refractivity contribution in [3.05, 3.63) is 95.6 Å². The minimum atomic E-state index is -0.314. The predicted octanol–water partition coefficient (Wildman–Crippen LogP) is 4.63. The maximum absolute atomic E-state index is 13.1. The van der Waals surface area contributed by atoms with E-state index in [0.717, 1.165) is 5.56 Å². The molecular formula is C26H28N2O4. The highest BCUT2D eigenvalue weighted by atomic mass is 16.5. The summed E-state index contributed by atoms with van der Waals surface area (Å²) in [5.41, 5.74) is 2.37. The molecule has 0 saturated carbocycles. The highest BCUT2D eigenvalue weighted by molar-refractivity contribution is 6.09. The first-order valence-electron chi connectivity index (χ1n) is 10.6. The van der Waals surface area contributed by atoms with Crippen molar-refractivity contribution in [1.82, 2.24) is 4.90 Å². The van der Waals surface area contributed by atoms with Gasteiger partial charge in [-0.3, -0.25) is 9.59 Å². The Balaban J connectivity index is 1.69. The van der Waals surface area contributed by atoms with Crippen molar-refractivity contribution < 1.29 is 19.1 Å². The van der Waals surface area contributed by atoms with Crippen LogP contribution in [0.1, 0.15) is 33.2 Å². The zero-order chi connectivity index (χ0) is 22.8. The van der Waals surface area contributed by atoms with Gasteiger partial charge in [0, 0.05) is 25.8 Å². The van der Waals surface area contributed by atoms with Crippen LogP contribution < -0.4 is 10.1 Å². The van der Waals surface area contributed by atoms with E-state index in [9.17, 15) is 9.59 Å². The highest BCUT2D eigenvalue weighted by Crippen LogP contribution is 2.20. The van der Waals surface area contributed by atoms with Crippen LogP contribution in [0.3, 0.4) is 0 Å². The number of hydrogen-bond acceptors (Lipinski definition) is 4. The Morgan fingerprint density at radius 2 is 1.66 bits per heavy atom. The lowest BCUT2D eigenvalue weighted by Crippen LogP contribution is -2.27.